The van der Waals surface area contributed by atoms with Crippen molar-refractivity contribution in [2.75, 3.05) is 6.54 Å². The van der Waals surface area contributed by atoms with E-state index in [9.17, 15) is 9.59 Å². The van der Waals surface area contributed by atoms with Gasteiger partial charge >= 0.3 is 11.3 Å². The summed E-state index contributed by atoms with van der Waals surface area (Å²) in [5.74, 6) is -0.485. The summed E-state index contributed by atoms with van der Waals surface area (Å²) in [5.41, 5.74) is 0. The number of carboxylic acids is 1. The standard InChI is InChI=1S/C9H16ClNO3/c1-6(2)3-7(4-8(12)13)5-11-9(10)14/h6-7H,3-5H2,1-2H3,(H,11,14)(H,12,13)/t7-/m0/s1. The van der Waals surface area contributed by atoms with E-state index < -0.39 is 11.3 Å². The van der Waals surface area contributed by atoms with Gasteiger partial charge in [-0.15, -0.1) is 0 Å². The Bertz CT molecular complexity index is 206. The molecule has 0 heterocycles. The van der Waals surface area contributed by atoms with Gasteiger partial charge in [0.05, 0.1) is 0 Å². The van der Waals surface area contributed by atoms with Crippen molar-refractivity contribution in [1.29, 1.82) is 0 Å². The first kappa shape index (κ1) is 13.2. The van der Waals surface area contributed by atoms with Crippen LogP contribution in [-0.2, 0) is 4.79 Å². The Kier molecular flexibility index (Phi) is 6.28. The van der Waals surface area contributed by atoms with Gasteiger partial charge in [0.15, 0.2) is 0 Å². The van der Waals surface area contributed by atoms with E-state index in [1.165, 1.54) is 0 Å². The third-order valence-corrected chi connectivity index (χ3v) is 1.93. The normalized spacial score (nSPS) is 12.6. The molecule has 0 aromatic heterocycles. The lowest BCUT2D eigenvalue weighted by Crippen LogP contribution is -2.27. The molecule has 0 bridgehead atoms. The molecule has 0 spiro atoms. The molecule has 0 unspecified atom stereocenters. The summed E-state index contributed by atoms with van der Waals surface area (Å²) in [6, 6.07) is 0. The van der Waals surface area contributed by atoms with Crippen LogP contribution >= 0.6 is 11.6 Å². The van der Waals surface area contributed by atoms with E-state index in [0.29, 0.717) is 12.5 Å². The number of carbonyl (C=O) groups is 2. The Balaban J connectivity index is 3.96. The van der Waals surface area contributed by atoms with Gasteiger partial charge in [0, 0.05) is 13.0 Å². The van der Waals surface area contributed by atoms with Crippen molar-refractivity contribution in [3.8, 4) is 0 Å². The Morgan fingerprint density at radius 2 is 2.00 bits per heavy atom. The number of halogens is 1. The second kappa shape index (κ2) is 6.65. The summed E-state index contributed by atoms with van der Waals surface area (Å²) in [6.45, 7) is 4.35. The van der Waals surface area contributed by atoms with Crippen molar-refractivity contribution in [2.45, 2.75) is 26.7 Å². The molecule has 1 atom stereocenters. The van der Waals surface area contributed by atoms with Crippen LogP contribution in [0.15, 0.2) is 0 Å². The second-order valence-corrected chi connectivity index (χ2v) is 4.09. The molecule has 0 radical (unpaired) electrons. The van der Waals surface area contributed by atoms with Crippen molar-refractivity contribution in [3.05, 3.63) is 0 Å². The largest absolute Gasteiger partial charge is 0.481 e. The van der Waals surface area contributed by atoms with Gasteiger partial charge in [-0.2, -0.15) is 0 Å². The van der Waals surface area contributed by atoms with Crippen molar-refractivity contribution in [1.82, 2.24) is 5.32 Å². The maximum Gasteiger partial charge on any atom is 0.313 e. The van der Waals surface area contributed by atoms with Gasteiger partial charge in [-0.25, -0.2) is 0 Å². The molecular formula is C9H16ClNO3. The Labute approximate surface area is 88.6 Å². The van der Waals surface area contributed by atoms with Crippen LogP contribution in [0, 0.1) is 11.8 Å². The topological polar surface area (TPSA) is 66.4 Å². The van der Waals surface area contributed by atoms with Crippen LogP contribution in [0.2, 0.25) is 0 Å². The number of hydrogen-bond donors (Lipinski definition) is 2. The molecule has 0 fully saturated rings. The third-order valence-electron chi connectivity index (χ3n) is 1.80. The average molecular weight is 222 g/mol. The maximum atomic E-state index is 10.5. The fraction of sp³-hybridized carbons (Fsp3) is 0.778. The summed E-state index contributed by atoms with van der Waals surface area (Å²) >= 11 is 5.10. The van der Waals surface area contributed by atoms with Crippen LogP contribution in [-0.4, -0.2) is 23.0 Å². The maximum absolute atomic E-state index is 10.5. The molecule has 0 aromatic carbocycles. The number of amides is 1. The Hall–Kier alpha value is -0.770. The SMILES string of the molecule is CC(C)C[C@H](CNC(=O)Cl)CC(=O)O. The lowest BCUT2D eigenvalue weighted by atomic mass is 9.94. The number of hydrogen-bond acceptors (Lipinski definition) is 2. The van der Waals surface area contributed by atoms with E-state index in [1.807, 2.05) is 13.8 Å². The minimum Gasteiger partial charge on any atom is -0.481 e. The zero-order valence-electron chi connectivity index (χ0n) is 8.42. The molecule has 14 heavy (non-hydrogen) atoms. The van der Waals surface area contributed by atoms with Crippen LogP contribution < -0.4 is 5.32 Å². The van der Waals surface area contributed by atoms with Crippen LogP contribution in [0.5, 0.6) is 0 Å². The molecule has 0 saturated carbocycles. The van der Waals surface area contributed by atoms with Gasteiger partial charge in [-0.3, -0.25) is 9.59 Å². The molecule has 0 saturated heterocycles. The monoisotopic (exact) mass is 221 g/mol. The minimum atomic E-state index is -0.848. The summed E-state index contributed by atoms with van der Waals surface area (Å²) in [7, 11) is 0. The summed E-state index contributed by atoms with van der Waals surface area (Å²) in [6.07, 6.45) is 0.832. The van der Waals surface area contributed by atoms with E-state index in [-0.39, 0.29) is 12.3 Å². The first-order valence-corrected chi connectivity index (χ1v) is 4.94. The number of carbonyl (C=O) groups excluding carboxylic acids is 1. The molecule has 0 aliphatic heterocycles. The molecule has 4 nitrogen and oxygen atoms in total. The smallest absolute Gasteiger partial charge is 0.313 e. The fourth-order valence-electron chi connectivity index (χ4n) is 1.38. The highest BCUT2D eigenvalue weighted by Gasteiger charge is 2.15. The highest BCUT2D eigenvalue weighted by atomic mass is 35.5. The highest BCUT2D eigenvalue weighted by molar-refractivity contribution is 6.62. The molecular weight excluding hydrogens is 206 g/mol. The number of carboxylic acid groups (broad SMARTS) is 1. The average Bonchev–Trinajstić information content (AvgIpc) is 1.97. The first-order valence-electron chi connectivity index (χ1n) is 4.57. The first-order chi connectivity index (χ1) is 6.41. The molecule has 0 aliphatic rings. The molecule has 1 amide bonds. The van der Waals surface area contributed by atoms with Crippen LogP contribution in [0.25, 0.3) is 0 Å². The quantitative estimate of drug-likeness (QED) is 0.533. The van der Waals surface area contributed by atoms with E-state index in [2.05, 4.69) is 5.32 Å². The van der Waals surface area contributed by atoms with Crippen LogP contribution in [0.1, 0.15) is 26.7 Å². The van der Waals surface area contributed by atoms with Gasteiger partial charge in [0.1, 0.15) is 0 Å². The molecule has 5 heteroatoms. The van der Waals surface area contributed by atoms with Gasteiger partial charge in [0.25, 0.3) is 0 Å². The van der Waals surface area contributed by atoms with E-state index in [1.54, 1.807) is 0 Å². The minimum absolute atomic E-state index is 0.0461. The second-order valence-electron chi connectivity index (χ2n) is 3.75. The predicted molar refractivity (Wildman–Crippen MR) is 54.4 cm³/mol. The highest BCUT2D eigenvalue weighted by Crippen LogP contribution is 2.14. The lowest BCUT2D eigenvalue weighted by molar-refractivity contribution is -0.138. The van der Waals surface area contributed by atoms with Crippen molar-refractivity contribution >= 4 is 22.9 Å². The van der Waals surface area contributed by atoms with Crippen molar-refractivity contribution < 1.29 is 14.7 Å². The van der Waals surface area contributed by atoms with Crippen molar-refractivity contribution in [3.63, 3.8) is 0 Å². The summed E-state index contributed by atoms with van der Waals surface area (Å²) in [4.78, 5) is 20.9. The van der Waals surface area contributed by atoms with Gasteiger partial charge in [0.2, 0.25) is 0 Å². The Morgan fingerprint density at radius 3 is 2.36 bits per heavy atom. The van der Waals surface area contributed by atoms with Crippen LogP contribution in [0.3, 0.4) is 0 Å². The van der Waals surface area contributed by atoms with Crippen LogP contribution in [0.4, 0.5) is 4.79 Å². The zero-order chi connectivity index (χ0) is 11.1. The summed E-state index contributed by atoms with van der Waals surface area (Å²) in [5, 5.41) is 10.4. The van der Waals surface area contributed by atoms with Gasteiger partial charge in [-0.1, -0.05) is 13.8 Å². The van der Waals surface area contributed by atoms with E-state index in [4.69, 9.17) is 16.7 Å². The molecule has 0 rings (SSSR count). The Morgan fingerprint density at radius 1 is 1.43 bits per heavy atom. The predicted octanol–water partition coefficient (Wildman–Crippen LogP) is 2.07. The fourth-order valence-corrected chi connectivity index (χ4v) is 1.45. The van der Waals surface area contributed by atoms with E-state index in [0.717, 1.165) is 6.42 Å². The van der Waals surface area contributed by atoms with E-state index >= 15 is 0 Å². The molecule has 0 aliphatic carbocycles. The summed E-state index contributed by atoms with van der Waals surface area (Å²) < 4.78 is 0. The molecule has 2 N–H and O–H groups in total. The molecule has 82 valence electrons. The van der Waals surface area contributed by atoms with Gasteiger partial charge < -0.3 is 10.4 Å². The van der Waals surface area contributed by atoms with Crippen molar-refractivity contribution in [2.24, 2.45) is 11.8 Å². The third kappa shape index (κ3) is 7.86. The number of aliphatic carboxylic acids is 1. The molecule has 0 aromatic rings. The lowest BCUT2D eigenvalue weighted by Gasteiger charge is -2.16. The number of rotatable bonds is 6. The zero-order valence-corrected chi connectivity index (χ0v) is 9.17. The number of nitrogens with one attached hydrogen (secondary N) is 1. The van der Waals surface area contributed by atoms with Gasteiger partial charge in [-0.05, 0) is 29.9 Å².